The van der Waals surface area contributed by atoms with Crippen molar-refractivity contribution in [2.75, 3.05) is 0 Å². The Bertz CT molecular complexity index is 1220. The highest BCUT2D eigenvalue weighted by molar-refractivity contribution is 5.93. The number of carbonyl (C=O) groups excluding carboxylic acids is 3. The van der Waals surface area contributed by atoms with Crippen LogP contribution in [0.2, 0.25) is 0 Å². The molecule has 2 aliphatic carbocycles. The van der Waals surface area contributed by atoms with Gasteiger partial charge < -0.3 is 20.3 Å². The van der Waals surface area contributed by atoms with Crippen LogP contribution in [0.25, 0.3) is 0 Å². The number of hydrogen-bond donors (Lipinski definition) is 2. The van der Waals surface area contributed by atoms with E-state index >= 15 is 0 Å². The van der Waals surface area contributed by atoms with E-state index in [2.05, 4.69) is 16.6 Å². The zero-order valence-corrected chi connectivity index (χ0v) is 23.8. The van der Waals surface area contributed by atoms with Gasteiger partial charge in [-0.25, -0.2) is 4.79 Å². The van der Waals surface area contributed by atoms with E-state index in [0.29, 0.717) is 11.1 Å². The molecular formula is C33H41N3O4. The Hall–Kier alpha value is -3.79. The number of hydrogen-bond acceptors (Lipinski definition) is 4. The van der Waals surface area contributed by atoms with Crippen molar-refractivity contribution in [1.82, 2.24) is 15.5 Å². The van der Waals surface area contributed by atoms with Crippen LogP contribution in [-0.4, -0.2) is 46.5 Å². The number of nitrogens with zero attached hydrogens (tertiary/aromatic N) is 1. The van der Waals surface area contributed by atoms with E-state index in [9.17, 15) is 14.4 Å². The fourth-order valence-electron chi connectivity index (χ4n) is 5.36. The molecule has 2 aliphatic rings. The number of terminal acetylenes is 1. The van der Waals surface area contributed by atoms with Crippen LogP contribution in [0.15, 0.2) is 54.6 Å². The molecule has 7 nitrogen and oxygen atoms in total. The molecule has 0 aromatic heterocycles. The van der Waals surface area contributed by atoms with Crippen molar-refractivity contribution in [3.8, 4) is 12.3 Å². The van der Waals surface area contributed by atoms with Crippen LogP contribution in [0.5, 0.6) is 0 Å². The Morgan fingerprint density at radius 1 is 0.975 bits per heavy atom. The SMILES string of the molecule is C#Cc1ccccc1C(C(=O)NC1CCCCC1)N(C(=O)C(Cc1ccccc1)NC(=O)OC(C)(C)C)C1CC1. The lowest BCUT2D eigenvalue weighted by atomic mass is 9.93. The first-order valence-corrected chi connectivity index (χ1v) is 14.4. The van der Waals surface area contributed by atoms with Gasteiger partial charge in [-0.05, 0) is 63.6 Å². The van der Waals surface area contributed by atoms with Gasteiger partial charge in [0.15, 0.2) is 0 Å². The van der Waals surface area contributed by atoms with Gasteiger partial charge in [-0.15, -0.1) is 6.42 Å². The second kappa shape index (κ2) is 13.0. The first-order valence-electron chi connectivity index (χ1n) is 14.4. The van der Waals surface area contributed by atoms with E-state index in [0.717, 1.165) is 44.1 Å². The predicted octanol–water partition coefficient (Wildman–Crippen LogP) is 5.28. The zero-order chi connectivity index (χ0) is 28.7. The molecule has 4 rings (SSSR count). The summed E-state index contributed by atoms with van der Waals surface area (Å²) in [5.74, 6) is 2.15. The van der Waals surface area contributed by atoms with Crippen molar-refractivity contribution in [3.63, 3.8) is 0 Å². The number of benzene rings is 2. The molecule has 2 N–H and O–H groups in total. The maximum Gasteiger partial charge on any atom is 0.408 e. The van der Waals surface area contributed by atoms with E-state index in [-0.39, 0.29) is 30.3 Å². The molecule has 212 valence electrons. The van der Waals surface area contributed by atoms with Crippen molar-refractivity contribution in [2.24, 2.45) is 0 Å². The van der Waals surface area contributed by atoms with Crippen molar-refractivity contribution < 1.29 is 19.1 Å². The van der Waals surface area contributed by atoms with E-state index in [1.807, 2.05) is 48.5 Å². The largest absolute Gasteiger partial charge is 0.444 e. The average molecular weight is 544 g/mol. The molecule has 0 heterocycles. The van der Waals surface area contributed by atoms with E-state index in [4.69, 9.17) is 11.2 Å². The minimum atomic E-state index is -0.930. The number of ether oxygens (including phenoxy) is 1. The van der Waals surface area contributed by atoms with Crippen molar-refractivity contribution in [1.29, 1.82) is 0 Å². The van der Waals surface area contributed by atoms with Gasteiger partial charge in [-0.1, -0.05) is 73.7 Å². The Morgan fingerprint density at radius 3 is 2.25 bits per heavy atom. The van der Waals surface area contributed by atoms with Crippen LogP contribution >= 0.6 is 0 Å². The summed E-state index contributed by atoms with van der Waals surface area (Å²) < 4.78 is 5.51. The second-order valence-corrected chi connectivity index (χ2v) is 11.8. The summed E-state index contributed by atoms with van der Waals surface area (Å²) in [6.45, 7) is 5.33. The number of amides is 3. The highest BCUT2D eigenvalue weighted by atomic mass is 16.6. The Labute approximate surface area is 238 Å². The summed E-state index contributed by atoms with van der Waals surface area (Å²) in [5, 5.41) is 6.05. The molecule has 7 heteroatoms. The smallest absolute Gasteiger partial charge is 0.408 e. The number of carbonyl (C=O) groups is 3. The topological polar surface area (TPSA) is 87.7 Å². The second-order valence-electron chi connectivity index (χ2n) is 11.8. The number of rotatable bonds is 9. The quantitative estimate of drug-likeness (QED) is 0.421. The van der Waals surface area contributed by atoms with Crippen LogP contribution in [0.3, 0.4) is 0 Å². The molecule has 2 aromatic rings. The van der Waals surface area contributed by atoms with Gasteiger partial charge in [0.1, 0.15) is 17.7 Å². The zero-order valence-electron chi connectivity index (χ0n) is 23.8. The molecule has 2 atom stereocenters. The van der Waals surface area contributed by atoms with E-state index < -0.39 is 23.8 Å². The normalized spacial score (nSPS) is 17.1. The molecule has 0 aliphatic heterocycles. The van der Waals surface area contributed by atoms with Gasteiger partial charge in [-0.3, -0.25) is 9.59 Å². The lowest BCUT2D eigenvalue weighted by molar-refractivity contribution is -0.143. The predicted molar refractivity (Wildman–Crippen MR) is 155 cm³/mol. The average Bonchev–Trinajstić information content (AvgIpc) is 3.76. The van der Waals surface area contributed by atoms with Crippen LogP contribution < -0.4 is 10.6 Å². The third-order valence-corrected chi connectivity index (χ3v) is 7.36. The number of alkyl carbamates (subject to hydrolysis) is 1. The summed E-state index contributed by atoms with van der Waals surface area (Å²) >= 11 is 0. The molecule has 0 saturated heterocycles. The summed E-state index contributed by atoms with van der Waals surface area (Å²) in [6, 6.07) is 14.9. The number of nitrogens with one attached hydrogen (secondary N) is 2. The Balaban J connectivity index is 1.71. The molecule has 3 amide bonds. The van der Waals surface area contributed by atoms with Gasteiger partial charge in [0.05, 0.1) is 0 Å². The molecule has 2 saturated carbocycles. The van der Waals surface area contributed by atoms with Crippen LogP contribution in [-0.2, 0) is 20.7 Å². The fourth-order valence-corrected chi connectivity index (χ4v) is 5.36. The van der Waals surface area contributed by atoms with Gasteiger partial charge in [0, 0.05) is 24.1 Å². The van der Waals surface area contributed by atoms with E-state index in [1.165, 1.54) is 6.42 Å². The molecule has 2 fully saturated rings. The van der Waals surface area contributed by atoms with Crippen molar-refractivity contribution in [2.45, 2.75) is 102 Å². The third-order valence-electron chi connectivity index (χ3n) is 7.36. The highest BCUT2D eigenvalue weighted by Crippen LogP contribution is 2.37. The van der Waals surface area contributed by atoms with Crippen molar-refractivity contribution >= 4 is 17.9 Å². The first-order chi connectivity index (χ1) is 19.2. The summed E-state index contributed by atoms with van der Waals surface area (Å²) in [5.41, 5.74) is 1.35. The maximum atomic E-state index is 14.5. The van der Waals surface area contributed by atoms with Crippen LogP contribution in [0.4, 0.5) is 4.79 Å². The molecule has 40 heavy (non-hydrogen) atoms. The lowest BCUT2D eigenvalue weighted by Crippen LogP contribution is -2.55. The van der Waals surface area contributed by atoms with Crippen LogP contribution in [0.1, 0.15) is 88.4 Å². The molecular weight excluding hydrogens is 502 g/mol. The Kier molecular flexibility index (Phi) is 9.52. The summed E-state index contributed by atoms with van der Waals surface area (Å²) in [4.78, 5) is 43.1. The molecule has 0 radical (unpaired) electrons. The lowest BCUT2D eigenvalue weighted by Gasteiger charge is -2.36. The van der Waals surface area contributed by atoms with Gasteiger partial charge in [0.25, 0.3) is 0 Å². The van der Waals surface area contributed by atoms with E-state index in [1.54, 1.807) is 31.7 Å². The van der Waals surface area contributed by atoms with Gasteiger partial charge in [-0.2, -0.15) is 0 Å². The minimum absolute atomic E-state index is 0.0675. The van der Waals surface area contributed by atoms with Gasteiger partial charge >= 0.3 is 6.09 Å². The molecule has 2 unspecified atom stereocenters. The molecule has 0 spiro atoms. The maximum absolute atomic E-state index is 14.5. The van der Waals surface area contributed by atoms with Crippen LogP contribution in [0, 0.1) is 12.3 Å². The minimum Gasteiger partial charge on any atom is -0.444 e. The standard InChI is InChI=1S/C33H41N3O4/c1-5-24-16-12-13-19-27(24)29(30(37)34-25-17-10-7-11-18-25)36(26-20-21-26)31(38)28(22-23-14-8-6-9-15-23)35-32(39)40-33(2,3)4/h1,6,8-9,12-16,19,25-26,28-29H,7,10-11,17-18,20-22H2,2-4H3,(H,34,37)(H,35,39). The summed E-state index contributed by atoms with van der Waals surface area (Å²) in [6.07, 6.45) is 12.2. The highest BCUT2D eigenvalue weighted by Gasteiger charge is 2.45. The van der Waals surface area contributed by atoms with Crippen molar-refractivity contribution in [3.05, 3.63) is 71.3 Å². The molecule has 2 aromatic carbocycles. The van der Waals surface area contributed by atoms with Gasteiger partial charge in [0.2, 0.25) is 11.8 Å². The molecule has 0 bridgehead atoms. The fraction of sp³-hybridized carbons (Fsp3) is 0.485. The Morgan fingerprint density at radius 2 is 1.62 bits per heavy atom. The summed E-state index contributed by atoms with van der Waals surface area (Å²) in [7, 11) is 0. The monoisotopic (exact) mass is 543 g/mol. The first kappa shape index (κ1) is 29.2. The third kappa shape index (κ3) is 7.88.